The van der Waals surface area contributed by atoms with Gasteiger partial charge in [-0.05, 0) is 30.9 Å². The maximum absolute atomic E-state index is 12.0. The van der Waals surface area contributed by atoms with Gasteiger partial charge in [-0.25, -0.2) is 4.98 Å². The lowest BCUT2D eigenvalue weighted by Crippen LogP contribution is -2.36. The number of aromatic nitrogens is 1. The van der Waals surface area contributed by atoms with Gasteiger partial charge in [0.15, 0.2) is 0 Å². The summed E-state index contributed by atoms with van der Waals surface area (Å²) in [5.41, 5.74) is 1.05. The second-order valence-electron chi connectivity index (χ2n) is 6.48. The summed E-state index contributed by atoms with van der Waals surface area (Å²) in [6.45, 7) is 3.86. The summed E-state index contributed by atoms with van der Waals surface area (Å²) in [5.74, 6) is 2.42. The Hall–Kier alpha value is -0.920. The molecule has 2 aliphatic heterocycles. The van der Waals surface area contributed by atoms with Crippen molar-refractivity contribution >= 4 is 33.3 Å². The summed E-state index contributed by atoms with van der Waals surface area (Å²) < 4.78 is 5.36. The first-order valence-electron chi connectivity index (χ1n) is 9.14. The molecule has 0 saturated carbocycles. The van der Waals surface area contributed by atoms with Crippen LogP contribution in [-0.2, 0) is 16.1 Å². The van der Waals surface area contributed by atoms with E-state index in [1.54, 1.807) is 0 Å². The number of anilines is 1. The van der Waals surface area contributed by atoms with Crippen molar-refractivity contribution in [3.63, 3.8) is 0 Å². The molecule has 7 heteroatoms. The molecule has 1 atom stereocenters. The molecule has 1 amide bonds. The van der Waals surface area contributed by atoms with Gasteiger partial charge in [-0.2, -0.15) is 0 Å². The third kappa shape index (κ3) is 6.38. The standard InChI is InChI=1S/C18H27N3O2S2/c22-18(4-2-1-3-16-7-12-24-25-16)20-14-15-5-6-17(19-13-15)21-8-10-23-11-9-21/h5-6,13,16H,1-4,7-12,14H2,(H,20,22). The van der Waals surface area contributed by atoms with Crippen LogP contribution >= 0.6 is 21.6 Å². The molecule has 1 unspecified atom stereocenters. The van der Waals surface area contributed by atoms with E-state index in [0.29, 0.717) is 13.0 Å². The Labute approximate surface area is 158 Å². The Bertz CT molecular complexity index is 530. The minimum atomic E-state index is 0.144. The molecule has 138 valence electrons. The highest BCUT2D eigenvalue weighted by molar-refractivity contribution is 8.77. The first-order chi connectivity index (χ1) is 12.3. The molecule has 0 bridgehead atoms. The second kappa shape index (κ2) is 10.3. The number of carbonyl (C=O) groups excluding carboxylic acids is 1. The first kappa shape index (κ1) is 18.9. The van der Waals surface area contributed by atoms with E-state index in [2.05, 4.69) is 15.2 Å². The average molecular weight is 382 g/mol. The lowest BCUT2D eigenvalue weighted by atomic mass is 10.1. The second-order valence-corrected chi connectivity index (χ2v) is 9.26. The third-order valence-corrected chi connectivity index (χ3v) is 7.55. The number of carbonyl (C=O) groups is 1. The van der Waals surface area contributed by atoms with Crippen molar-refractivity contribution in [1.82, 2.24) is 10.3 Å². The molecule has 2 saturated heterocycles. The van der Waals surface area contributed by atoms with Crippen molar-refractivity contribution in [1.29, 1.82) is 0 Å². The molecule has 0 aliphatic carbocycles. The lowest BCUT2D eigenvalue weighted by molar-refractivity contribution is -0.121. The van der Waals surface area contributed by atoms with E-state index < -0.39 is 0 Å². The number of nitrogens with one attached hydrogen (secondary N) is 1. The van der Waals surface area contributed by atoms with Gasteiger partial charge < -0.3 is 15.0 Å². The van der Waals surface area contributed by atoms with Crippen molar-refractivity contribution in [2.45, 2.75) is 43.9 Å². The topological polar surface area (TPSA) is 54.5 Å². The zero-order valence-electron chi connectivity index (χ0n) is 14.6. The van der Waals surface area contributed by atoms with E-state index in [1.165, 1.54) is 18.6 Å². The Morgan fingerprint density at radius 2 is 2.20 bits per heavy atom. The highest BCUT2D eigenvalue weighted by atomic mass is 33.1. The quantitative estimate of drug-likeness (QED) is 0.551. The van der Waals surface area contributed by atoms with Crippen LogP contribution in [-0.4, -0.2) is 48.2 Å². The number of amides is 1. The summed E-state index contributed by atoms with van der Waals surface area (Å²) in [5, 5.41) is 3.81. The van der Waals surface area contributed by atoms with Crippen molar-refractivity contribution in [3.05, 3.63) is 23.9 Å². The van der Waals surface area contributed by atoms with Crippen molar-refractivity contribution in [2.24, 2.45) is 0 Å². The predicted molar refractivity (Wildman–Crippen MR) is 106 cm³/mol. The molecule has 0 aromatic carbocycles. The minimum absolute atomic E-state index is 0.144. The Morgan fingerprint density at radius 3 is 2.92 bits per heavy atom. The molecule has 1 N–H and O–H groups in total. The number of pyridine rings is 1. The maximum Gasteiger partial charge on any atom is 0.220 e. The number of hydrogen-bond acceptors (Lipinski definition) is 6. The van der Waals surface area contributed by atoms with Gasteiger partial charge in [0.1, 0.15) is 5.82 Å². The molecule has 1 aromatic rings. The van der Waals surface area contributed by atoms with Crippen LogP contribution in [0.15, 0.2) is 18.3 Å². The van der Waals surface area contributed by atoms with Gasteiger partial charge in [0, 0.05) is 43.3 Å². The van der Waals surface area contributed by atoms with Crippen LogP contribution in [0.5, 0.6) is 0 Å². The van der Waals surface area contributed by atoms with Crippen molar-refractivity contribution in [2.75, 3.05) is 37.0 Å². The fourth-order valence-corrected chi connectivity index (χ4v) is 6.04. The third-order valence-electron chi connectivity index (χ3n) is 4.54. The zero-order valence-corrected chi connectivity index (χ0v) is 16.2. The Morgan fingerprint density at radius 1 is 1.32 bits per heavy atom. The molecule has 1 aromatic heterocycles. The van der Waals surface area contributed by atoms with Crippen molar-refractivity contribution in [3.8, 4) is 0 Å². The van der Waals surface area contributed by atoms with E-state index in [1.807, 2.05) is 39.9 Å². The Balaban J connectivity index is 1.31. The van der Waals surface area contributed by atoms with E-state index in [-0.39, 0.29) is 5.91 Å². The average Bonchev–Trinajstić information content (AvgIpc) is 3.18. The van der Waals surface area contributed by atoms with Crippen LogP contribution in [0.4, 0.5) is 5.82 Å². The van der Waals surface area contributed by atoms with Crippen molar-refractivity contribution < 1.29 is 9.53 Å². The first-order valence-corrected chi connectivity index (χ1v) is 11.5. The monoisotopic (exact) mass is 381 g/mol. The van der Waals surface area contributed by atoms with E-state index in [0.717, 1.165) is 55.8 Å². The van der Waals surface area contributed by atoms with E-state index in [9.17, 15) is 4.79 Å². The summed E-state index contributed by atoms with van der Waals surface area (Å²) in [7, 11) is 4.00. The molecule has 2 fully saturated rings. The van der Waals surface area contributed by atoms with Gasteiger partial charge in [0.05, 0.1) is 13.2 Å². The number of ether oxygens (including phenoxy) is 1. The number of morpholine rings is 1. The zero-order chi connectivity index (χ0) is 17.3. The van der Waals surface area contributed by atoms with Crippen LogP contribution < -0.4 is 10.2 Å². The molecule has 3 heterocycles. The number of unbranched alkanes of at least 4 members (excludes halogenated alkanes) is 1. The minimum Gasteiger partial charge on any atom is -0.378 e. The highest BCUT2D eigenvalue weighted by Crippen LogP contribution is 2.39. The van der Waals surface area contributed by atoms with Crippen LogP contribution in [0.3, 0.4) is 0 Å². The van der Waals surface area contributed by atoms with Gasteiger partial charge in [0.25, 0.3) is 0 Å². The molecule has 3 rings (SSSR count). The van der Waals surface area contributed by atoms with Gasteiger partial charge in [0.2, 0.25) is 5.91 Å². The summed E-state index contributed by atoms with van der Waals surface area (Å²) in [6, 6.07) is 4.08. The fraction of sp³-hybridized carbons (Fsp3) is 0.667. The summed E-state index contributed by atoms with van der Waals surface area (Å²) >= 11 is 0. The van der Waals surface area contributed by atoms with Gasteiger partial charge in [-0.15, -0.1) is 0 Å². The van der Waals surface area contributed by atoms with Crippen LogP contribution in [0.2, 0.25) is 0 Å². The van der Waals surface area contributed by atoms with Gasteiger partial charge in [-0.1, -0.05) is 34.1 Å². The van der Waals surface area contributed by atoms with Crippen LogP contribution in [0, 0.1) is 0 Å². The van der Waals surface area contributed by atoms with Gasteiger partial charge >= 0.3 is 0 Å². The highest BCUT2D eigenvalue weighted by Gasteiger charge is 2.16. The lowest BCUT2D eigenvalue weighted by Gasteiger charge is -2.27. The SMILES string of the molecule is O=C(CCCCC1CCSS1)NCc1ccc(N2CCOCC2)nc1. The molecule has 25 heavy (non-hydrogen) atoms. The predicted octanol–water partition coefficient (Wildman–Crippen LogP) is 3.25. The van der Waals surface area contributed by atoms with Crippen LogP contribution in [0.25, 0.3) is 0 Å². The van der Waals surface area contributed by atoms with Gasteiger partial charge in [-0.3, -0.25) is 4.79 Å². The molecule has 0 radical (unpaired) electrons. The maximum atomic E-state index is 12.0. The molecule has 2 aliphatic rings. The smallest absolute Gasteiger partial charge is 0.220 e. The number of rotatable bonds is 8. The molecule has 5 nitrogen and oxygen atoms in total. The fourth-order valence-electron chi connectivity index (χ4n) is 3.01. The molecular weight excluding hydrogens is 354 g/mol. The number of hydrogen-bond donors (Lipinski definition) is 1. The van der Waals surface area contributed by atoms with E-state index in [4.69, 9.17) is 4.74 Å². The number of nitrogens with zero attached hydrogens (tertiary/aromatic N) is 2. The molecular formula is C18H27N3O2S2. The van der Waals surface area contributed by atoms with E-state index >= 15 is 0 Å². The van der Waals surface area contributed by atoms with Crippen LogP contribution in [0.1, 0.15) is 37.7 Å². The normalized spacial score (nSPS) is 20.6. The summed E-state index contributed by atoms with van der Waals surface area (Å²) in [4.78, 5) is 18.7. The molecule has 0 spiro atoms. The Kier molecular flexibility index (Phi) is 7.76. The largest absolute Gasteiger partial charge is 0.378 e. The summed E-state index contributed by atoms with van der Waals surface area (Å²) in [6.07, 6.45) is 7.21.